The molecule has 0 N–H and O–H groups in total. The summed E-state index contributed by atoms with van der Waals surface area (Å²) in [4.78, 5) is 17.0. The van der Waals surface area contributed by atoms with Crippen LogP contribution < -0.4 is 0 Å². The third kappa shape index (κ3) is 5.82. The summed E-state index contributed by atoms with van der Waals surface area (Å²) in [5, 5.41) is 0. The van der Waals surface area contributed by atoms with E-state index in [2.05, 4.69) is 69.4 Å². The van der Waals surface area contributed by atoms with Crippen LogP contribution in [0, 0.1) is 0 Å². The third-order valence-corrected chi connectivity index (χ3v) is 6.20. The van der Waals surface area contributed by atoms with Crippen LogP contribution in [0.4, 0.5) is 0 Å². The first-order valence-corrected chi connectivity index (χ1v) is 11.4. The summed E-state index contributed by atoms with van der Waals surface area (Å²) in [6.45, 7) is 3.69. The minimum Gasteiger partial charge on any atom is -0.367 e. The van der Waals surface area contributed by atoms with Crippen molar-refractivity contribution in [1.29, 1.82) is 0 Å². The second-order valence-electron chi connectivity index (χ2n) is 7.76. The number of amides is 1. The van der Waals surface area contributed by atoms with Gasteiger partial charge in [-0.05, 0) is 28.8 Å². The molecule has 1 amide bonds. The van der Waals surface area contributed by atoms with E-state index in [-0.39, 0.29) is 18.6 Å². The van der Waals surface area contributed by atoms with Crippen molar-refractivity contribution in [2.45, 2.75) is 12.6 Å². The summed E-state index contributed by atoms with van der Waals surface area (Å²) in [5.74, 6) is 0.0653. The molecule has 1 saturated heterocycles. The van der Waals surface area contributed by atoms with E-state index < -0.39 is 0 Å². The number of carbonyl (C=O) groups excluding carboxylic acids is 1. The fraction of sp³-hybridized carbons (Fsp3) is 0.269. The molecule has 0 bridgehead atoms. The minimum atomic E-state index is 0.0653. The molecule has 0 radical (unpaired) electrons. The largest absolute Gasteiger partial charge is 0.367 e. The number of piperazine rings is 1. The first kappa shape index (κ1) is 21.8. The number of hydrogen-bond acceptors (Lipinski definition) is 3. The maximum Gasteiger partial charge on any atom is 0.248 e. The Morgan fingerprint density at radius 2 is 1.39 bits per heavy atom. The molecule has 3 aromatic rings. The first-order valence-electron chi connectivity index (χ1n) is 10.6. The molecule has 1 fully saturated rings. The SMILES string of the molecule is O=C(COCc1ccccc1)N1CCN([C@H](c2ccccc2)c2ccc(Br)cc2)CC1. The molecule has 160 valence electrons. The highest BCUT2D eigenvalue weighted by Gasteiger charge is 2.28. The predicted octanol–water partition coefficient (Wildman–Crippen LogP) is 4.90. The van der Waals surface area contributed by atoms with Gasteiger partial charge in [0.2, 0.25) is 5.91 Å². The maximum absolute atomic E-state index is 12.6. The van der Waals surface area contributed by atoms with Crippen molar-refractivity contribution in [2.75, 3.05) is 32.8 Å². The number of benzene rings is 3. The molecule has 1 atom stereocenters. The van der Waals surface area contributed by atoms with Crippen molar-refractivity contribution in [2.24, 2.45) is 0 Å². The zero-order chi connectivity index (χ0) is 21.5. The highest BCUT2D eigenvalue weighted by molar-refractivity contribution is 9.10. The summed E-state index contributed by atoms with van der Waals surface area (Å²) < 4.78 is 6.73. The lowest BCUT2D eigenvalue weighted by Gasteiger charge is -2.39. The highest BCUT2D eigenvalue weighted by Crippen LogP contribution is 2.30. The molecular formula is C26H27BrN2O2. The summed E-state index contributed by atoms with van der Waals surface area (Å²) in [6, 6.07) is 29.3. The van der Waals surface area contributed by atoms with Crippen molar-refractivity contribution < 1.29 is 9.53 Å². The van der Waals surface area contributed by atoms with Gasteiger partial charge in [-0.1, -0.05) is 88.7 Å². The van der Waals surface area contributed by atoms with Gasteiger partial charge in [-0.2, -0.15) is 0 Å². The Kier molecular flexibility index (Phi) is 7.52. The molecule has 0 unspecified atom stereocenters. The standard InChI is InChI=1S/C26H27BrN2O2/c27-24-13-11-23(12-14-24)26(22-9-5-2-6-10-22)29-17-15-28(16-18-29)25(30)20-31-19-21-7-3-1-4-8-21/h1-14,26H,15-20H2/t26-/m1/s1. The molecule has 0 saturated carbocycles. The van der Waals surface area contributed by atoms with E-state index in [0.717, 1.165) is 23.1 Å². The molecule has 4 nitrogen and oxygen atoms in total. The Morgan fingerprint density at radius 1 is 0.806 bits per heavy atom. The number of carbonyl (C=O) groups is 1. The molecule has 1 aliphatic heterocycles. The van der Waals surface area contributed by atoms with Gasteiger partial charge in [-0.3, -0.25) is 9.69 Å². The normalized spacial score (nSPS) is 15.6. The predicted molar refractivity (Wildman–Crippen MR) is 127 cm³/mol. The number of halogens is 1. The van der Waals surface area contributed by atoms with E-state index >= 15 is 0 Å². The van der Waals surface area contributed by atoms with Crippen LogP contribution in [0.1, 0.15) is 22.7 Å². The van der Waals surface area contributed by atoms with E-state index in [1.807, 2.05) is 41.3 Å². The summed E-state index contributed by atoms with van der Waals surface area (Å²) in [5.41, 5.74) is 3.62. The molecule has 5 heteroatoms. The summed E-state index contributed by atoms with van der Waals surface area (Å²) in [6.07, 6.45) is 0. The molecule has 4 rings (SSSR count). The molecule has 0 spiro atoms. The van der Waals surface area contributed by atoms with Crippen LogP contribution in [-0.2, 0) is 16.1 Å². The van der Waals surface area contributed by atoms with E-state index in [1.165, 1.54) is 11.1 Å². The molecule has 0 aromatic heterocycles. The van der Waals surface area contributed by atoms with Crippen molar-refractivity contribution in [3.8, 4) is 0 Å². The number of hydrogen-bond donors (Lipinski definition) is 0. The average Bonchev–Trinajstić information content (AvgIpc) is 2.82. The van der Waals surface area contributed by atoms with Crippen LogP contribution in [0.5, 0.6) is 0 Å². The van der Waals surface area contributed by atoms with E-state index in [4.69, 9.17) is 4.74 Å². The molecular weight excluding hydrogens is 452 g/mol. The monoisotopic (exact) mass is 478 g/mol. The Morgan fingerprint density at radius 3 is 2.03 bits per heavy atom. The van der Waals surface area contributed by atoms with Crippen molar-refractivity contribution in [3.05, 3.63) is 106 Å². The summed E-state index contributed by atoms with van der Waals surface area (Å²) in [7, 11) is 0. The highest BCUT2D eigenvalue weighted by atomic mass is 79.9. The second-order valence-corrected chi connectivity index (χ2v) is 8.68. The van der Waals surface area contributed by atoms with Crippen LogP contribution in [-0.4, -0.2) is 48.5 Å². The van der Waals surface area contributed by atoms with Gasteiger partial charge < -0.3 is 9.64 Å². The van der Waals surface area contributed by atoms with Crippen molar-refractivity contribution in [1.82, 2.24) is 9.80 Å². The Bertz CT molecular complexity index is 956. The zero-order valence-corrected chi connectivity index (χ0v) is 19.1. The Labute approximate surface area is 192 Å². The summed E-state index contributed by atoms with van der Waals surface area (Å²) >= 11 is 3.54. The lowest BCUT2D eigenvalue weighted by atomic mass is 9.96. The minimum absolute atomic E-state index is 0.0653. The van der Waals surface area contributed by atoms with Gasteiger partial charge in [-0.25, -0.2) is 0 Å². The maximum atomic E-state index is 12.6. The Balaban J connectivity index is 1.36. The molecule has 31 heavy (non-hydrogen) atoms. The van der Waals surface area contributed by atoms with E-state index in [0.29, 0.717) is 19.7 Å². The first-order chi connectivity index (χ1) is 15.2. The van der Waals surface area contributed by atoms with Crippen LogP contribution in [0.2, 0.25) is 0 Å². The van der Waals surface area contributed by atoms with Crippen LogP contribution >= 0.6 is 15.9 Å². The van der Waals surface area contributed by atoms with Crippen molar-refractivity contribution >= 4 is 21.8 Å². The molecule has 3 aromatic carbocycles. The second kappa shape index (κ2) is 10.7. The van der Waals surface area contributed by atoms with Gasteiger partial charge >= 0.3 is 0 Å². The molecule has 1 heterocycles. The fourth-order valence-electron chi connectivity index (χ4n) is 4.05. The number of nitrogens with zero attached hydrogens (tertiary/aromatic N) is 2. The van der Waals surface area contributed by atoms with Gasteiger partial charge in [0.05, 0.1) is 12.6 Å². The number of ether oxygens (including phenoxy) is 1. The topological polar surface area (TPSA) is 32.8 Å². The van der Waals surface area contributed by atoms with Gasteiger partial charge in [0.15, 0.2) is 0 Å². The van der Waals surface area contributed by atoms with E-state index in [9.17, 15) is 4.79 Å². The number of rotatable bonds is 7. The quantitative estimate of drug-likeness (QED) is 0.484. The average molecular weight is 479 g/mol. The smallest absolute Gasteiger partial charge is 0.248 e. The molecule has 1 aliphatic rings. The molecule has 0 aliphatic carbocycles. The fourth-order valence-corrected chi connectivity index (χ4v) is 4.31. The van der Waals surface area contributed by atoms with Gasteiger partial charge in [0.25, 0.3) is 0 Å². The Hall–Kier alpha value is -2.47. The van der Waals surface area contributed by atoms with Crippen LogP contribution in [0.25, 0.3) is 0 Å². The van der Waals surface area contributed by atoms with Crippen LogP contribution in [0.3, 0.4) is 0 Å². The van der Waals surface area contributed by atoms with Gasteiger partial charge in [0.1, 0.15) is 6.61 Å². The van der Waals surface area contributed by atoms with Crippen LogP contribution in [0.15, 0.2) is 89.4 Å². The van der Waals surface area contributed by atoms with Gasteiger partial charge in [0, 0.05) is 30.7 Å². The van der Waals surface area contributed by atoms with Crippen molar-refractivity contribution in [3.63, 3.8) is 0 Å². The zero-order valence-electron chi connectivity index (χ0n) is 17.5. The lowest BCUT2D eigenvalue weighted by molar-refractivity contribution is -0.138. The third-order valence-electron chi connectivity index (χ3n) is 5.67. The van der Waals surface area contributed by atoms with E-state index in [1.54, 1.807) is 0 Å². The lowest BCUT2D eigenvalue weighted by Crippen LogP contribution is -2.50. The van der Waals surface area contributed by atoms with Gasteiger partial charge in [-0.15, -0.1) is 0 Å².